The molecule has 4 heteroatoms. The summed E-state index contributed by atoms with van der Waals surface area (Å²) in [6.07, 6.45) is 5.43. The summed E-state index contributed by atoms with van der Waals surface area (Å²) < 4.78 is 0. The van der Waals surface area contributed by atoms with Crippen LogP contribution in [0.1, 0.15) is 31.2 Å². The SMILES string of the molecule is Cc1cnnc(NC2CCC(O)CC2)c1. The molecule has 0 radical (unpaired) electrons. The highest BCUT2D eigenvalue weighted by Gasteiger charge is 2.19. The number of hydrogen-bond donors (Lipinski definition) is 2. The second kappa shape index (κ2) is 4.57. The highest BCUT2D eigenvalue weighted by molar-refractivity contribution is 5.36. The van der Waals surface area contributed by atoms with Crippen molar-refractivity contribution in [2.24, 2.45) is 0 Å². The molecular weight excluding hydrogens is 190 g/mol. The number of hydrogen-bond acceptors (Lipinski definition) is 4. The van der Waals surface area contributed by atoms with Crippen molar-refractivity contribution < 1.29 is 5.11 Å². The molecule has 1 saturated carbocycles. The van der Waals surface area contributed by atoms with Gasteiger partial charge in [-0.25, -0.2) is 0 Å². The van der Waals surface area contributed by atoms with E-state index < -0.39 is 0 Å². The molecule has 0 amide bonds. The third-order valence-corrected chi connectivity index (χ3v) is 2.84. The van der Waals surface area contributed by atoms with Crippen LogP contribution in [0.25, 0.3) is 0 Å². The molecule has 0 aromatic carbocycles. The Kier molecular flexibility index (Phi) is 3.16. The van der Waals surface area contributed by atoms with Gasteiger partial charge in [0.1, 0.15) is 5.82 Å². The van der Waals surface area contributed by atoms with Gasteiger partial charge in [-0.05, 0) is 44.2 Å². The quantitative estimate of drug-likeness (QED) is 0.771. The monoisotopic (exact) mass is 207 g/mol. The van der Waals surface area contributed by atoms with Crippen LogP contribution < -0.4 is 5.32 Å². The molecule has 1 aliphatic rings. The fraction of sp³-hybridized carbons (Fsp3) is 0.636. The van der Waals surface area contributed by atoms with Gasteiger partial charge >= 0.3 is 0 Å². The lowest BCUT2D eigenvalue weighted by atomic mass is 9.93. The normalized spacial score (nSPS) is 26.3. The van der Waals surface area contributed by atoms with E-state index >= 15 is 0 Å². The van der Waals surface area contributed by atoms with Crippen molar-refractivity contribution in [3.63, 3.8) is 0 Å². The number of aliphatic hydroxyl groups excluding tert-OH is 1. The zero-order valence-electron chi connectivity index (χ0n) is 8.98. The zero-order chi connectivity index (χ0) is 10.7. The standard InChI is InChI=1S/C11H17N3O/c1-8-6-11(14-12-7-8)13-9-2-4-10(15)5-3-9/h6-7,9-10,15H,2-5H2,1H3,(H,13,14). The number of nitrogens with zero attached hydrogens (tertiary/aromatic N) is 2. The van der Waals surface area contributed by atoms with E-state index in [4.69, 9.17) is 0 Å². The lowest BCUT2D eigenvalue weighted by Gasteiger charge is -2.26. The van der Waals surface area contributed by atoms with Gasteiger partial charge < -0.3 is 10.4 Å². The molecule has 1 aromatic heterocycles. The van der Waals surface area contributed by atoms with E-state index in [1.807, 2.05) is 13.0 Å². The Morgan fingerprint density at radius 1 is 1.33 bits per heavy atom. The molecule has 0 atom stereocenters. The van der Waals surface area contributed by atoms with Gasteiger partial charge in [-0.15, -0.1) is 5.10 Å². The van der Waals surface area contributed by atoms with Gasteiger partial charge in [0.2, 0.25) is 0 Å². The van der Waals surface area contributed by atoms with Crippen LogP contribution in [0.15, 0.2) is 12.3 Å². The predicted molar refractivity (Wildman–Crippen MR) is 58.7 cm³/mol. The maximum Gasteiger partial charge on any atom is 0.149 e. The van der Waals surface area contributed by atoms with E-state index in [0.717, 1.165) is 37.1 Å². The molecule has 1 fully saturated rings. The van der Waals surface area contributed by atoms with E-state index in [-0.39, 0.29) is 6.10 Å². The second-order valence-electron chi connectivity index (χ2n) is 4.27. The van der Waals surface area contributed by atoms with Crippen LogP contribution >= 0.6 is 0 Å². The Morgan fingerprint density at radius 2 is 2.07 bits per heavy atom. The highest BCUT2D eigenvalue weighted by Crippen LogP contribution is 2.21. The minimum Gasteiger partial charge on any atom is -0.393 e. The Balaban J connectivity index is 1.92. The summed E-state index contributed by atoms with van der Waals surface area (Å²) in [4.78, 5) is 0. The van der Waals surface area contributed by atoms with Gasteiger partial charge in [0.25, 0.3) is 0 Å². The zero-order valence-corrected chi connectivity index (χ0v) is 8.98. The summed E-state index contributed by atoms with van der Waals surface area (Å²) in [5.41, 5.74) is 1.11. The van der Waals surface area contributed by atoms with E-state index in [1.54, 1.807) is 6.20 Å². The molecule has 0 aliphatic heterocycles. The van der Waals surface area contributed by atoms with E-state index in [9.17, 15) is 5.11 Å². The maximum absolute atomic E-state index is 9.38. The molecule has 0 bridgehead atoms. The first kappa shape index (κ1) is 10.4. The summed E-state index contributed by atoms with van der Waals surface area (Å²) in [6.45, 7) is 2.00. The van der Waals surface area contributed by atoms with Crippen molar-refractivity contribution in [2.45, 2.75) is 44.8 Å². The van der Waals surface area contributed by atoms with Crippen LogP contribution in [0, 0.1) is 6.92 Å². The van der Waals surface area contributed by atoms with Gasteiger partial charge in [0.05, 0.1) is 12.3 Å². The maximum atomic E-state index is 9.38. The average molecular weight is 207 g/mol. The summed E-state index contributed by atoms with van der Waals surface area (Å²) in [6, 6.07) is 2.43. The molecule has 0 saturated heterocycles. The van der Waals surface area contributed by atoms with Crippen molar-refractivity contribution >= 4 is 5.82 Å². The molecular formula is C11H17N3O. The molecule has 2 rings (SSSR count). The van der Waals surface area contributed by atoms with Crippen LogP contribution in [0.5, 0.6) is 0 Å². The van der Waals surface area contributed by atoms with Crippen molar-refractivity contribution in [2.75, 3.05) is 5.32 Å². The fourth-order valence-corrected chi connectivity index (χ4v) is 1.96. The van der Waals surface area contributed by atoms with Gasteiger partial charge in [-0.3, -0.25) is 0 Å². The van der Waals surface area contributed by atoms with Gasteiger partial charge in [0, 0.05) is 6.04 Å². The lowest BCUT2D eigenvalue weighted by molar-refractivity contribution is 0.126. The van der Waals surface area contributed by atoms with E-state index in [1.165, 1.54) is 0 Å². The van der Waals surface area contributed by atoms with Crippen molar-refractivity contribution in [3.05, 3.63) is 17.8 Å². The Bertz CT molecular complexity index is 321. The first-order chi connectivity index (χ1) is 7.24. The molecule has 4 nitrogen and oxygen atoms in total. The fourth-order valence-electron chi connectivity index (χ4n) is 1.96. The molecule has 82 valence electrons. The van der Waals surface area contributed by atoms with Crippen LogP contribution in [-0.4, -0.2) is 27.4 Å². The number of aliphatic hydroxyl groups is 1. The smallest absolute Gasteiger partial charge is 0.149 e. The van der Waals surface area contributed by atoms with Gasteiger partial charge in [0.15, 0.2) is 0 Å². The summed E-state index contributed by atoms with van der Waals surface area (Å²) in [5.74, 6) is 0.844. The van der Waals surface area contributed by atoms with Crippen LogP contribution in [0.2, 0.25) is 0 Å². The molecule has 1 aliphatic carbocycles. The summed E-state index contributed by atoms with van der Waals surface area (Å²) >= 11 is 0. The van der Waals surface area contributed by atoms with Crippen LogP contribution in [0.4, 0.5) is 5.82 Å². The highest BCUT2D eigenvalue weighted by atomic mass is 16.3. The minimum atomic E-state index is -0.105. The average Bonchev–Trinajstić information content (AvgIpc) is 2.22. The predicted octanol–water partition coefficient (Wildman–Crippen LogP) is 1.50. The van der Waals surface area contributed by atoms with Gasteiger partial charge in [-0.1, -0.05) is 0 Å². The molecule has 2 N–H and O–H groups in total. The molecule has 1 heterocycles. The molecule has 15 heavy (non-hydrogen) atoms. The number of rotatable bonds is 2. The first-order valence-corrected chi connectivity index (χ1v) is 5.48. The Hall–Kier alpha value is -1.16. The molecule has 1 aromatic rings. The lowest BCUT2D eigenvalue weighted by Crippen LogP contribution is -2.28. The van der Waals surface area contributed by atoms with Crippen molar-refractivity contribution in [1.29, 1.82) is 0 Å². The van der Waals surface area contributed by atoms with Crippen molar-refractivity contribution in [3.8, 4) is 0 Å². The number of aromatic nitrogens is 2. The number of aryl methyl sites for hydroxylation is 1. The summed E-state index contributed by atoms with van der Waals surface area (Å²) in [7, 11) is 0. The minimum absolute atomic E-state index is 0.105. The van der Waals surface area contributed by atoms with Crippen LogP contribution in [-0.2, 0) is 0 Å². The summed E-state index contributed by atoms with van der Waals surface area (Å²) in [5, 5.41) is 20.7. The van der Waals surface area contributed by atoms with E-state index in [0.29, 0.717) is 6.04 Å². The second-order valence-corrected chi connectivity index (χ2v) is 4.27. The third kappa shape index (κ3) is 2.89. The largest absolute Gasteiger partial charge is 0.393 e. The molecule has 0 unspecified atom stereocenters. The van der Waals surface area contributed by atoms with Gasteiger partial charge in [-0.2, -0.15) is 5.10 Å². The van der Waals surface area contributed by atoms with Crippen LogP contribution in [0.3, 0.4) is 0 Å². The Morgan fingerprint density at radius 3 is 2.73 bits per heavy atom. The first-order valence-electron chi connectivity index (χ1n) is 5.48. The van der Waals surface area contributed by atoms with E-state index in [2.05, 4.69) is 15.5 Å². The molecule has 0 spiro atoms. The number of anilines is 1. The topological polar surface area (TPSA) is 58.0 Å². The van der Waals surface area contributed by atoms with Crippen molar-refractivity contribution in [1.82, 2.24) is 10.2 Å². The Labute approximate surface area is 89.7 Å². The number of nitrogens with one attached hydrogen (secondary N) is 1. The third-order valence-electron chi connectivity index (χ3n) is 2.84.